The summed E-state index contributed by atoms with van der Waals surface area (Å²) in [5, 5.41) is 8.98. The zero-order valence-corrected chi connectivity index (χ0v) is 10.5. The van der Waals surface area contributed by atoms with Crippen LogP contribution in [0, 0.1) is 0 Å². The number of amides is 1. The van der Waals surface area contributed by atoms with Crippen molar-refractivity contribution in [1.82, 2.24) is 4.90 Å². The Bertz CT molecular complexity index is 473. The molecule has 0 spiro atoms. The minimum atomic E-state index is -4.50. The van der Waals surface area contributed by atoms with Crippen LogP contribution >= 0.6 is 0 Å². The summed E-state index contributed by atoms with van der Waals surface area (Å²) in [5.74, 6) is 0. The number of nitrogen functional groups attached to an aromatic ring is 1. The molecule has 0 aliphatic rings. The molecule has 1 rings (SSSR count). The van der Waals surface area contributed by atoms with Crippen molar-refractivity contribution in [3.8, 4) is 0 Å². The van der Waals surface area contributed by atoms with Crippen LogP contribution in [-0.2, 0) is 12.7 Å². The summed E-state index contributed by atoms with van der Waals surface area (Å²) in [7, 11) is 0. The molecule has 0 aliphatic carbocycles. The van der Waals surface area contributed by atoms with Gasteiger partial charge in [0, 0.05) is 18.3 Å². The van der Waals surface area contributed by atoms with Crippen LogP contribution in [-0.4, -0.2) is 22.1 Å². The number of anilines is 1. The Morgan fingerprint density at radius 3 is 2.37 bits per heavy atom. The van der Waals surface area contributed by atoms with Crippen molar-refractivity contribution in [2.45, 2.75) is 32.6 Å². The fourth-order valence-electron chi connectivity index (χ4n) is 1.64. The maximum absolute atomic E-state index is 12.6. The molecule has 19 heavy (non-hydrogen) atoms. The minimum absolute atomic E-state index is 0.0427. The molecule has 0 aliphatic heterocycles. The van der Waals surface area contributed by atoms with Gasteiger partial charge >= 0.3 is 12.3 Å². The van der Waals surface area contributed by atoms with E-state index in [0.29, 0.717) is 0 Å². The quantitative estimate of drug-likeness (QED) is 0.833. The van der Waals surface area contributed by atoms with Gasteiger partial charge in [0.05, 0.1) is 5.56 Å². The number of benzene rings is 1. The Morgan fingerprint density at radius 2 is 1.95 bits per heavy atom. The highest BCUT2D eigenvalue weighted by molar-refractivity contribution is 5.65. The topological polar surface area (TPSA) is 66.6 Å². The highest BCUT2D eigenvalue weighted by Crippen LogP contribution is 2.31. The van der Waals surface area contributed by atoms with Gasteiger partial charge in [-0.2, -0.15) is 13.2 Å². The third-order valence-electron chi connectivity index (χ3n) is 2.56. The fourth-order valence-corrected chi connectivity index (χ4v) is 1.64. The van der Waals surface area contributed by atoms with E-state index in [1.807, 2.05) is 0 Å². The summed E-state index contributed by atoms with van der Waals surface area (Å²) in [6, 6.07) is 2.74. The standard InChI is InChI=1S/C12H15F3N2O2/c1-7(2)17(11(18)19)6-8-3-9(12(13,14)15)5-10(16)4-8/h3-5,7H,6,16H2,1-2H3,(H,18,19). The van der Waals surface area contributed by atoms with Gasteiger partial charge in [-0.1, -0.05) is 0 Å². The molecule has 3 N–H and O–H groups in total. The second-order valence-corrected chi connectivity index (χ2v) is 4.47. The first kappa shape index (κ1) is 15.1. The first-order valence-electron chi connectivity index (χ1n) is 5.57. The summed E-state index contributed by atoms with van der Waals surface area (Å²) in [4.78, 5) is 12.0. The number of nitrogens with zero attached hydrogens (tertiary/aromatic N) is 1. The van der Waals surface area contributed by atoms with Crippen LogP contribution in [0.4, 0.5) is 23.7 Å². The molecule has 0 aromatic heterocycles. The van der Waals surface area contributed by atoms with Gasteiger partial charge < -0.3 is 15.7 Å². The Balaban J connectivity index is 3.08. The second kappa shape index (κ2) is 5.38. The van der Waals surface area contributed by atoms with Crippen LogP contribution in [0.15, 0.2) is 18.2 Å². The van der Waals surface area contributed by atoms with Gasteiger partial charge in [0.1, 0.15) is 0 Å². The lowest BCUT2D eigenvalue weighted by atomic mass is 10.1. The average molecular weight is 276 g/mol. The van der Waals surface area contributed by atoms with E-state index < -0.39 is 17.8 Å². The van der Waals surface area contributed by atoms with Crippen LogP contribution in [0.1, 0.15) is 25.0 Å². The third-order valence-corrected chi connectivity index (χ3v) is 2.56. The molecular weight excluding hydrogens is 261 g/mol. The number of alkyl halides is 3. The largest absolute Gasteiger partial charge is 0.465 e. The first-order chi connectivity index (χ1) is 8.61. The van der Waals surface area contributed by atoms with E-state index in [-0.39, 0.29) is 23.8 Å². The predicted molar refractivity (Wildman–Crippen MR) is 64.6 cm³/mol. The van der Waals surface area contributed by atoms with Crippen LogP contribution in [0.25, 0.3) is 0 Å². The molecule has 0 unspecified atom stereocenters. The Kier molecular flexibility index (Phi) is 4.28. The lowest BCUT2D eigenvalue weighted by molar-refractivity contribution is -0.137. The fraction of sp³-hybridized carbons (Fsp3) is 0.417. The van der Waals surface area contributed by atoms with Gasteiger partial charge in [-0.3, -0.25) is 0 Å². The van der Waals surface area contributed by atoms with Gasteiger partial charge in [0.25, 0.3) is 0 Å². The normalized spacial score (nSPS) is 11.7. The number of nitrogens with two attached hydrogens (primary N) is 1. The Hall–Kier alpha value is -1.92. The van der Waals surface area contributed by atoms with Crippen molar-refractivity contribution in [3.05, 3.63) is 29.3 Å². The lowest BCUT2D eigenvalue weighted by Gasteiger charge is -2.24. The highest BCUT2D eigenvalue weighted by atomic mass is 19.4. The van der Waals surface area contributed by atoms with Crippen molar-refractivity contribution >= 4 is 11.8 Å². The number of carbonyl (C=O) groups is 1. The van der Waals surface area contributed by atoms with Crippen LogP contribution in [0.5, 0.6) is 0 Å². The van der Waals surface area contributed by atoms with E-state index in [0.717, 1.165) is 17.0 Å². The van der Waals surface area contributed by atoms with Crippen LogP contribution in [0.2, 0.25) is 0 Å². The van der Waals surface area contributed by atoms with Crippen molar-refractivity contribution in [3.63, 3.8) is 0 Å². The molecule has 4 nitrogen and oxygen atoms in total. The van der Waals surface area contributed by atoms with E-state index in [9.17, 15) is 18.0 Å². The van der Waals surface area contributed by atoms with E-state index >= 15 is 0 Å². The molecule has 0 atom stereocenters. The number of hydrogen-bond donors (Lipinski definition) is 2. The molecule has 0 radical (unpaired) electrons. The molecule has 7 heteroatoms. The minimum Gasteiger partial charge on any atom is -0.465 e. The second-order valence-electron chi connectivity index (χ2n) is 4.47. The van der Waals surface area contributed by atoms with E-state index in [1.165, 1.54) is 6.07 Å². The maximum atomic E-state index is 12.6. The number of hydrogen-bond acceptors (Lipinski definition) is 2. The predicted octanol–water partition coefficient (Wildman–Crippen LogP) is 3.18. The summed E-state index contributed by atoms with van der Waals surface area (Å²) >= 11 is 0. The van der Waals surface area contributed by atoms with Gasteiger partial charge in [0.2, 0.25) is 0 Å². The summed E-state index contributed by atoms with van der Waals surface area (Å²) in [6.45, 7) is 3.15. The van der Waals surface area contributed by atoms with E-state index in [1.54, 1.807) is 13.8 Å². The lowest BCUT2D eigenvalue weighted by Crippen LogP contribution is -2.35. The Morgan fingerprint density at radius 1 is 1.37 bits per heavy atom. The Labute approximate surface area is 108 Å². The van der Waals surface area contributed by atoms with Crippen molar-refractivity contribution in [1.29, 1.82) is 0 Å². The molecule has 1 aromatic rings. The van der Waals surface area contributed by atoms with Gasteiger partial charge in [-0.25, -0.2) is 4.79 Å². The molecule has 0 bridgehead atoms. The zero-order valence-electron chi connectivity index (χ0n) is 10.5. The molecule has 1 amide bonds. The summed E-state index contributed by atoms with van der Waals surface area (Å²) < 4.78 is 37.9. The molecule has 1 aromatic carbocycles. The molecule has 0 saturated heterocycles. The zero-order chi connectivity index (χ0) is 14.8. The first-order valence-corrected chi connectivity index (χ1v) is 5.57. The monoisotopic (exact) mass is 276 g/mol. The van der Waals surface area contributed by atoms with Gasteiger partial charge in [-0.15, -0.1) is 0 Å². The SMILES string of the molecule is CC(C)N(Cc1cc(N)cc(C(F)(F)F)c1)C(=O)O. The molecule has 0 heterocycles. The van der Waals surface area contributed by atoms with Gasteiger partial charge in [0.15, 0.2) is 0 Å². The smallest absolute Gasteiger partial charge is 0.416 e. The van der Waals surface area contributed by atoms with Gasteiger partial charge in [-0.05, 0) is 37.6 Å². The molecule has 0 saturated carbocycles. The number of halogens is 3. The van der Waals surface area contributed by atoms with E-state index in [2.05, 4.69) is 0 Å². The van der Waals surface area contributed by atoms with Crippen LogP contribution in [0.3, 0.4) is 0 Å². The third kappa shape index (κ3) is 4.04. The highest BCUT2D eigenvalue weighted by Gasteiger charge is 2.31. The number of carboxylic acid groups (broad SMARTS) is 1. The van der Waals surface area contributed by atoms with E-state index in [4.69, 9.17) is 10.8 Å². The number of rotatable bonds is 3. The maximum Gasteiger partial charge on any atom is 0.416 e. The average Bonchev–Trinajstić information content (AvgIpc) is 2.23. The van der Waals surface area contributed by atoms with Crippen LogP contribution < -0.4 is 5.73 Å². The molecular formula is C12H15F3N2O2. The molecule has 0 fully saturated rings. The van der Waals surface area contributed by atoms with Crippen molar-refractivity contribution in [2.24, 2.45) is 0 Å². The van der Waals surface area contributed by atoms with Crippen molar-refractivity contribution < 1.29 is 23.1 Å². The molecule has 106 valence electrons. The summed E-state index contributed by atoms with van der Waals surface area (Å²) in [5.41, 5.74) is 4.71. The van der Waals surface area contributed by atoms with Crippen molar-refractivity contribution in [2.75, 3.05) is 5.73 Å². The summed E-state index contributed by atoms with van der Waals surface area (Å²) in [6.07, 6.45) is -5.69.